The van der Waals surface area contributed by atoms with Gasteiger partial charge in [0.15, 0.2) is 0 Å². The first-order chi connectivity index (χ1) is 6.81. The van der Waals surface area contributed by atoms with Crippen molar-refractivity contribution in [2.75, 3.05) is 33.4 Å². The molecule has 0 heterocycles. The van der Waals surface area contributed by atoms with Crippen molar-refractivity contribution < 1.29 is 9.53 Å². The second kappa shape index (κ2) is 13.7. The van der Waals surface area contributed by atoms with Crippen molar-refractivity contribution in [2.45, 2.75) is 26.2 Å². The van der Waals surface area contributed by atoms with Gasteiger partial charge < -0.3 is 15.4 Å². The van der Waals surface area contributed by atoms with E-state index >= 15 is 0 Å². The summed E-state index contributed by atoms with van der Waals surface area (Å²) in [6, 6.07) is 0. The van der Waals surface area contributed by atoms with Gasteiger partial charge in [-0.15, -0.1) is 12.4 Å². The lowest BCUT2D eigenvalue weighted by atomic mass is 10.3. The fourth-order valence-electron chi connectivity index (χ4n) is 1.06. The first-order valence-corrected chi connectivity index (χ1v) is 5.30. The number of nitrogens with one attached hydrogen (secondary N) is 2. The molecule has 0 saturated heterocycles. The highest BCUT2D eigenvalue weighted by atomic mass is 35.5. The van der Waals surface area contributed by atoms with Crippen LogP contribution in [0.15, 0.2) is 0 Å². The molecule has 0 aromatic rings. The van der Waals surface area contributed by atoms with Crippen LogP contribution in [0.2, 0.25) is 0 Å². The number of halogens is 1. The van der Waals surface area contributed by atoms with Crippen LogP contribution >= 0.6 is 12.4 Å². The van der Waals surface area contributed by atoms with Gasteiger partial charge in [0.1, 0.15) is 0 Å². The van der Waals surface area contributed by atoms with Gasteiger partial charge in [-0.1, -0.05) is 0 Å². The summed E-state index contributed by atoms with van der Waals surface area (Å²) in [7, 11) is 1.89. The zero-order valence-electron chi connectivity index (χ0n) is 9.67. The molecule has 0 aromatic heterocycles. The molecule has 4 nitrogen and oxygen atoms in total. The third-order valence-corrected chi connectivity index (χ3v) is 1.82. The fraction of sp³-hybridized carbons (Fsp3) is 0.900. The molecule has 0 rings (SSSR count). The molecule has 0 radical (unpaired) electrons. The minimum absolute atomic E-state index is 0. The van der Waals surface area contributed by atoms with E-state index in [1.54, 1.807) is 0 Å². The van der Waals surface area contributed by atoms with Gasteiger partial charge in [-0.05, 0) is 33.4 Å². The van der Waals surface area contributed by atoms with Crippen molar-refractivity contribution in [1.82, 2.24) is 10.6 Å². The van der Waals surface area contributed by atoms with Crippen molar-refractivity contribution >= 4 is 18.3 Å². The Morgan fingerprint density at radius 3 is 2.60 bits per heavy atom. The van der Waals surface area contributed by atoms with E-state index in [4.69, 9.17) is 4.74 Å². The van der Waals surface area contributed by atoms with Gasteiger partial charge in [0.25, 0.3) is 0 Å². The number of hydrogen-bond acceptors (Lipinski definition) is 3. The second-order valence-electron chi connectivity index (χ2n) is 3.11. The molecule has 5 heteroatoms. The standard InChI is InChI=1S/C10H22N2O2.ClH/c1-3-14-9-5-8-12-10(13)6-4-7-11-2;/h11H,3-9H2,1-2H3,(H,12,13);1H. The predicted molar refractivity (Wildman–Crippen MR) is 64.5 cm³/mol. The summed E-state index contributed by atoms with van der Waals surface area (Å²) in [4.78, 5) is 11.2. The van der Waals surface area contributed by atoms with Crippen molar-refractivity contribution in [3.63, 3.8) is 0 Å². The lowest BCUT2D eigenvalue weighted by Crippen LogP contribution is -2.25. The highest BCUT2D eigenvalue weighted by Gasteiger charge is 1.98. The van der Waals surface area contributed by atoms with E-state index in [-0.39, 0.29) is 18.3 Å². The van der Waals surface area contributed by atoms with E-state index in [1.165, 1.54) is 0 Å². The maximum absolute atomic E-state index is 11.2. The van der Waals surface area contributed by atoms with Crippen LogP contribution in [0.25, 0.3) is 0 Å². The maximum atomic E-state index is 11.2. The van der Waals surface area contributed by atoms with Crippen molar-refractivity contribution in [3.05, 3.63) is 0 Å². The number of rotatable bonds is 9. The first-order valence-electron chi connectivity index (χ1n) is 5.30. The number of carbonyl (C=O) groups excluding carboxylic acids is 1. The molecule has 0 aliphatic carbocycles. The molecule has 92 valence electrons. The van der Waals surface area contributed by atoms with Crippen molar-refractivity contribution in [2.24, 2.45) is 0 Å². The highest BCUT2D eigenvalue weighted by molar-refractivity contribution is 5.85. The molecule has 0 spiro atoms. The number of amides is 1. The van der Waals surface area contributed by atoms with Gasteiger partial charge in [0.2, 0.25) is 5.91 Å². The molecule has 0 aliphatic heterocycles. The largest absolute Gasteiger partial charge is 0.382 e. The van der Waals surface area contributed by atoms with E-state index in [0.29, 0.717) is 6.42 Å². The molecular weight excluding hydrogens is 216 g/mol. The van der Waals surface area contributed by atoms with E-state index in [1.807, 2.05) is 14.0 Å². The van der Waals surface area contributed by atoms with Gasteiger partial charge in [-0.25, -0.2) is 0 Å². The Bertz CT molecular complexity index is 145. The summed E-state index contributed by atoms with van der Waals surface area (Å²) >= 11 is 0. The molecule has 1 amide bonds. The first kappa shape index (κ1) is 17.1. The Balaban J connectivity index is 0. The smallest absolute Gasteiger partial charge is 0.220 e. The van der Waals surface area contributed by atoms with Crippen LogP contribution in [0.1, 0.15) is 26.2 Å². The Hall–Kier alpha value is -0.320. The maximum Gasteiger partial charge on any atom is 0.220 e. The van der Waals surface area contributed by atoms with E-state index in [0.717, 1.165) is 39.1 Å². The molecule has 0 bridgehead atoms. The van der Waals surface area contributed by atoms with Crippen LogP contribution in [-0.2, 0) is 9.53 Å². The zero-order valence-corrected chi connectivity index (χ0v) is 10.5. The lowest BCUT2D eigenvalue weighted by Gasteiger charge is -2.04. The number of carbonyl (C=O) groups is 1. The molecular formula is C10H23ClN2O2. The van der Waals surface area contributed by atoms with Crippen LogP contribution in [0.3, 0.4) is 0 Å². The molecule has 0 atom stereocenters. The van der Waals surface area contributed by atoms with Crippen LogP contribution in [0.4, 0.5) is 0 Å². The van der Waals surface area contributed by atoms with Gasteiger partial charge >= 0.3 is 0 Å². The van der Waals surface area contributed by atoms with E-state index < -0.39 is 0 Å². The average Bonchev–Trinajstić information content (AvgIpc) is 2.18. The predicted octanol–water partition coefficient (Wildman–Crippen LogP) is 0.951. The van der Waals surface area contributed by atoms with Crippen LogP contribution in [-0.4, -0.2) is 39.3 Å². The van der Waals surface area contributed by atoms with E-state index in [9.17, 15) is 4.79 Å². The van der Waals surface area contributed by atoms with Gasteiger partial charge in [0.05, 0.1) is 0 Å². The SMILES string of the molecule is CCOCCCNC(=O)CCCNC.Cl. The molecule has 2 N–H and O–H groups in total. The summed E-state index contributed by atoms with van der Waals surface area (Å²) in [5, 5.41) is 5.86. The van der Waals surface area contributed by atoms with Crippen molar-refractivity contribution in [3.8, 4) is 0 Å². The molecule has 0 aliphatic rings. The summed E-state index contributed by atoms with van der Waals surface area (Å²) in [6.07, 6.45) is 2.40. The zero-order chi connectivity index (χ0) is 10.6. The minimum atomic E-state index is 0. The van der Waals surface area contributed by atoms with Crippen LogP contribution < -0.4 is 10.6 Å². The van der Waals surface area contributed by atoms with E-state index in [2.05, 4.69) is 10.6 Å². The summed E-state index contributed by atoms with van der Waals surface area (Å²) in [5.74, 6) is 0.136. The Labute approximate surface area is 98.6 Å². The third kappa shape index (κ3) is 13.7. The monoisotopic (exact) mass is 238 g/mol. The third-order valence-electron chi connectivity index (χ3n) is 1.82. The normalized spacial score (nSPS) is 9.47. The van der Waals surface area contributed by atoms with Crippen molar-refractivity contribution in [1.29, 1.82) is 0 Å². The quantitative estimate of drug-likeness (QED) is 0.588. The molecule has 0 saturated carbocycles. The highest BCUT2D eigenvalue weighted by Crippen LogP contribution is 1.87. The average molecular weight is 239 g/mol. The lowest BCUT2D eigenvalue weighted by molar-refractivity contribution is -0.121. The Kier molecular flexibility index (Phi) is 15.6. The fourth-order valence-corrected chi connectivity index (χ4v) is 1.06. The molecule has 0 unspecified atom stereocenters. The topological polar surface area (TPSA) is 50.4 Å². The number of hydrogen-bond donors (Lipinski definition) is 2. The number of ether oxygens (including phenoxy) is 1. The summed E-state index contributed by atoms with van der Waals surface area (Å²) in [6.45, 7) is 5.06. The van der Waals surface area contributed by atoms with Crippen LogP contribution in [0.5, 0.6) is 0 Å². The summed E-state index contributed by atoms with van der Waals surface area (Å²) < 4.78 is 5.15. The Morgan fingerprint density at radius 2 is 2.00 bits per heavy atom. The van der Waals surface area contributed by atoms with Gasteiger partial charge in [-0.3, -0.25) is 4.79 Å². The molecule has 0 aromatic carbocycles. The molecule has 15 heavy (non-hydrogen) atoms. The van der Waals surface area contributed by atoms with Crippen LogP contribution in [0, 0.1) is 0 Å². The minimum Gasteiger partial charge on any atom is -0.382 e. The molecule has 0 fully saturated rings. The summed E-state index contributed by atoms with van der Waals surface area (Å²) in [5.41, 5.74) is 0. The Morgan fingerprint density at radius 1 is 1.27 bits per heavy atom. The van der Waals surface area contributed by atoms with Gasteiger partial charge in [0, 0.05) is 26.2 Å². The second-order valence-corrected chi connectivity index (χ2v) is 3.11. The van der Waals surface area contributed by atoms with Gasteiger partial charge in [-0.2, -0.15) is 0 Å².